The second-order valence-corrected chi connectivity index (χ2v) is 5.42. The van der Waals surface area contributed by atoms with Crippen LogP contribution < -0.4 is 10.2 Å². The van der Waals surface area contributed by atoms with Crippen molar-refractivity contribution in [3.05, 3.63) is 59.4 Å². The number of rotatable bonds is 6. The smallest absolute Gasteiger partial charge is 0.223 e. The Balaban J connectivity index is 1.90. The van der Waals surface area contributed by atoms with Gasteiger partial charge in [0.1, 0.15) is 0 Å². The summed E-state index contributed by atoms with van der Waals surface area (Å²) in [7, 11) is 0. The fourth-order valence-corrected chi connectivity index (χ4v) is 2.36. The summed E-state index contributed by atoms with van der Waals surface area (Å²) in [5.74, 6) is -0.287. The summed E-state index contributed by atoms with van der Waals surface area (Å²) in [6, 6.07) is 10.8. The number of carbonyl (C=O) groups excluding carboxylic acids is 2. The Hall–Kier alpha value is -2.40. The van der Waals surface area contributed by atoms with Crippen LogP contribution in [0.3, 0.4) is 0 Å². The molecule has 0 aliphatic carbocycles. The van der Waals surface area contributed by atoms with Crippen LogP contribution in [0, 0.1) is 0 Å². The van der Waals surface area contributed by atoms with Crippen molar-refractivity contribution in [3.63, 3.8) is 0 Å². The molecule has 1 heterocycles. The molecule has 0 aliphatic heterocycles. The molecular weight excluding hydrogens is 314 g/mol. The van der Waals surface area contributed by atoms with Crippen molar-refractivity contribution in [1.29, 1.82) is 0 Å². The first kappa shape index (κ1) is 17.0. The highest BCUT2D eigenvalue weighted by Crippen LogP contribution is 2.25. The number of benzene rings is 1. The summed E-state index contributed by atoms with van der Waals surface area (Å²) in [6.45, 7) is 2.15. The third-order valence-electron chi connectivity index (χ3n) is 3.30. The molecule has 0 unspecified atom stereocenters. The minimum Gasteiger partial charge on any atom is -0.352 e. The van der Waals surface area contributed by atoms with Crippen molar-refractivity contribution in [3.8, 4) is 0 Å². The van der Waals surface area contributed by atoms with Crippen LogP contribution in [-0.2, 0) is 16.1 Å². The number of amides is 2. The molecule has 23 heavy (non-hydrogen) atoms. The molecule has 0 saturated carbocycles. The van der Waals surface area contributed by atoms with E-state index in [2.05, 4.69) is 10.3 Å². The molecule has 0 spiro atoms. The Labute approximate surface area is 140 Å². The van der Waals surface area contributed by atoms with Gasteiger partial charge >= 0.3 is 0 Å². The lowest BCUT2D eigenvalue weighted by molar-refractivity contribution is -0.121. The van der Waals surface area contributed by atoms with Gasteiger partial charge in [0, 0.05) is 38.8 Å². The van der Waals surface area contributed by atoms with Gasteiger partial charge in [0.15, 0.2) is 0 Å². The van der Waals surface area contributed by atoms with E-state index >= 15 is 0 Å². The zero-order valence-electron chi connectivity index (χ0n) is 12.8. The zero-order chi connectivity index (χ0) is 16.7. The number of carbonyl (C=O) groups is 2. The van der Waals surface area contributed by atoms with E-state index in [1.165, 1.54) is 11.8 Å². The minimum atomic E-state index is -0.154. The molecule has 6 heteroatoms. The van der Waals surface area contributed by atoms with Gasteiger partial charge in [-0.25, -0.2) is 0 Å². The second-order valence-electron chi connectivity index (χ2n) is 5.01. The number of hydrogen-bond donors (Lipinski definition) is 1. The van der Waals surface area contributed by atoms with Crippen molar-refractivity contribution in [2.75, 3.05) is 11.4 Å². The predicted molar refractivity (Wildman–Crippen MR) is 90.2 cm³/mol. The van der Waals surface area contributed by atoms with E-state index in [1.54, 1.807) is 36.7 Å². The number of aromatic nitrogens is 1. The Morgan fingerprint density at radius 2 is 2.00 bits per heavy atom. The molecular formula is C17H18ClN3O2. The predicted octanol–water partition coefficient (Wildman–Crippen LogP) is 2.79. The van der Waals surface area contributed by atoms with Gasteiger partial charge in [0.2, 0.25) is 11.8 Å². The molecule has 0 aliphatic rings. The molecule has 5 nitrogen and oxygen atoms in total. The van der Waals surface area contributed by atoms with Gasteiger partial charge < -0.3 is 10.2 Å². The van der Waals surface area contributed by atoms with Crippen LogP contribution in [0.1, 0.15) is 18.9 Å². The van der Waals surface area contributed by atoms with E-state index in [0.717, 1.165) is 5.56 Å². The molecule has 0 fully saturated rings. The van der Waals surface area contributed by atoms with Crippen LogP contribution in [0.2, 0.25) is 5.02 Å². The molecule has 1 N–H and O–H groups in total. The molecule has 1 aromatic carbocycles. The van der Waals surface area contributed by atoms with Crippen molar-refractivity contribution >= 4 is 29.1 Å². The fourth-order valence-electron chi connectivity index (χ4n) is 2.12. The van der Waals surface area contributed by atoms with Crippen LogP contribution >= 0.6 is 11.6 Å². The van der Waals surface area contributed by atoms with Gasteiger partial charge in [-0.3, -0.25) is 14.6 Å². The maximum atomic E-state index is 12.0. The molecule has 2 rings (SSSR count). The highest BCUT2D eigenvalue weighted by Gasteiger charge is 2.15. The molecule has 120 valence electrons. The average Bonchev–Trinajstić information content (AvgIpc) is 2.55. The molecule has 0 radical (unpaired) electrons. The maximum absolute atomic E-state index is 12.0. The first-order valence-corrected chi connectivity index (χ1v) is 7.64. The van der Waals surface area contributed by atoms with Crippen LogP contribution in [0.4, 0.5) is 5.69 Å². The number of para-hydroxylation sites is 1. The van der Waals surface area contributed by atoms with Crippen molar-refractivity contribution in [1.82, 2.24) is 10.3 Å². The van der Waals surface area contributed by atoms with E-state index < -0.39 is 0 Å². The van der Waals surface area contributed by atoms with Crippen LogP contribution in [0.25, 0.3) is 0 Å². The van der Waals surface area contributed by atoms with Gasteiger partial charge in [-0.15, -0.1) is 0 Å². The van der Waals surface area contributed by atoms with Crippen molar-refractivity contribution < 1.29 is 9.59 Å². The third-order valence-corrected chi connectivity index (χ3v) is 3.62. The zero-order valence-corrected chi connectivity index (χ0v) is 13.6. The normalized spacial score (nSPS) is 10.2. The first-order chi connectivity index (χ1) is 11.1. The van der Waals surface area contributed by atoms with Crippen molar-refractivity contribution in [2.45, 2.75) is 19.9 Å². The summed E-state index contributed by atoms with van der Waals surface area (Å²) in [5.41, 5.74) is 1.54. The van der Waals surface area contributed by atoms with Crippen LogP contribution in [-0.4, -0.2) is 23.3 Å². The van der Waals surface area contributed by atoms with Gasteiger partial charge in [0.05, 0.1) is 10.7 Å². The summed E-state index contributed by atoms with van der Waals surface area (Å²) in [4.78, 5) is 29.3. The minimum absolute atomic E-state index is 0.132. The van der Waals surface area contributed by atoms with Gasteiger partial charge in [-0.2, -0.15) is 0 Å². The standard InChI is InChI=1S/C17H18ClN3O2/c1-13(22)21(16-7-3-2-6-15(16)18)10-8-17(23)20-12-14-5-4-9-19-11-14/h2-7,9,11H,8,10,12H2,1H3,(H,20,23). The van der Waals surface area contributed by atoms with Gasteiger partial charge in [-0.05, 0) is 23.8 Å². The Bertz CT molecular complexity index is 677. The van der Waals surface area contributed by atoms with Crippen LogP contribution in [0.5, 0.6) is 0 Å². The number of nitrogens with zero attached hydrogens (tertiary/aromatic N) is 2. The summed E-state index contributed by atoms with van der Waals surface area (Å²) >= 11 is 6.12. The van der Waals surface area contributed by atoms with Gasteiger partial charge in [-0.1, -0.05) is 29.8 Å². The molecule has 2 amide bonds. The van der Waals surface area contributed by atoms with Gasteiger partial charge in [0.25, 0.3) is 0 Å². The molecule has 1 aromatic heterocycles. The Kier molecular flexibility index (Phi) is 6.11. The average molecular weight is 332 g/mol. The number of halogens is 1. The van der Waals surface area contributed by atoms with Crippen molar-refractivity contribution in [2.24, 2.45) is 0 Å². The molecule has 0 bridgehead atoms. The van der Waals surface area contributed by atoms with E-state index in [9.17, 15) is 9.59 Å². The van der Waals surface area contributed by atoms with E-state index in [4.69, 9.17) is 11.6 Å². The second kappa shape index (κ2) is 8.29. The van der Waals surface area contributed by atoms with Crippen LogP contribution in [0.15, 0.2) is 48.8 Å². The SMILES string of the molecule is CC(=O)N(CCC(=O)NCc1cccnc1)c1ccccc1Cl. The number of pyridine rings is 1. The van der Waals surface area contributed by atoms with E-state index in [-0.39, 0.29) is 24.8 Å². The fraction of sp³-hybridized carbons (Fsp3) is 0.235. The quantitative estimate of drug-likeness (QED) is 0.885. The Morgan fingerprint density at radius 1 is 1.22 bits per heavy atom. The number of anilines is 1. The summed E-state index contributed by atoms with van der Waals surface area (Å²) < 4.78 is 0. The number of hydrogen-bond acceptors (Lipinski definition) is 3. The number of nitrogens with one attached hydrogen (secondary N) is 1. The molecule has 2 aromatic rings. The maximum Gasteiger partial charge on any atom is 0.223 e. The van der Waals surface area contributed by atoms with E-state index in [0.29, 0.717) is 17.3 Å². The molecule has 0 saturated heterocycles. The third kappa shape index (κ3) is 5.07. The highest BCUT2D eigenvalue weighted by molar-refractivity contribution is 6.33. The first-order valence-electron chi connectivity index (χ1n) is 7.26. The largest absolute Gasteiger partial charge is 0.352 e. The lowest BCUT2D eigenvalue weighted by Gasteiger charge is -2.22. The lowest BCUT2D eigenvalue weighted by atomic mass is 10.2. The topological polar surface area (TPSA) is 62.3 Å². The Morgan fingerprint density at radius 3 is 2.65 bits per heavy atom. The summed E-state index contributed by atoms with van der Waals surface area (Å²) in [5, 5.41) is 3.29. The summed E-state index contributed by atoms with van der Waals surface area (Å²) in [6.07, 6.45) is 3.58. The molecule has 0 atom stereocenters. The monoisotopic (exact) mass is 331 g/mol. The van der Waals surface area contributed by atoms with E-state index in [1.807, 2.05) is 12.1 Å². The highest BCUT2D eigenvalue weighted by atomic mass is 35.5. The lowest BCUT2D eigenvalue weighted by Crippen LogP contribution is -2.33.